The molecule has 0 spiro atoms. The second kappa shape index (κ2) is 5.02. The average molecular weight is 284 g/mol. The Morgan fingerprint density at radius 1 is 1.42 bits per heavy atom. The first kappa shape index (κ1) is 14.1. The fraction of sp³-hybridized carbons (Fsp3) is 0.538. The third kappa shape index (κ3) is 3.01. The van der Waals surface area contributed by atoms with Crippen LogP contribution in [0.5, 0.6) is 0 Å². The number of nitrogens with zero attached hydrogens (tertiary/aromatic N) is 1. The van der Waals surface area contributed by atoms with Gasteiger partial charge in [0, 0.05) is 19.3 Å². The molecule has 5 nitrogen and oxygen atoms in total. The summed E-state index contributed by atoms with van der Waals surface area (Å²) in [6.07, 6.45) is 1.60. The van der Waals surface area contributed by atoms with Crippen molar-refractivity contribution < 1.29 is 13.5 Å². The number of piperidine rings is 1. The molecule has 1 aliphatic heterocycles. The van der Waals surface area contributed by atoms with E-state index in [1.54, 1.807) is 12.1 Å². The lowest BCUT2D eigenvalue weighted by Gasteiger charge is -2.36. The highest BCUT2D eigenvalue weighted by atomic mass is 32.2. The number of sulfone groups is 1. The number of aliphatic hydroxyl groups is 1. The first-order valence-corrected chi connectivity index (χ1v) is 8.21. The Morgan fingerprint density at radius 2 is 2.11 bits per heavy atom. The van der Waals surface area contributed by atoms with Crippen molar-refractivity contribution in [2.45, 2.75) is 24.3 Å². The predicted molar refractivity (Wildman–Crippen MR) is 76.0 cm³/mol. The van der Waals surface area contributed by atoms with Gasteiger partial charge in [-0.15, -0.1) is 0 Å². The zero-order valence-electron chi connectivity index (χ0n) is 11.2. The summed E-state index contributed by atoms with van der Waals surface area (Å²) in [5.74, 6) is 0.183. The van der Waals surface area contributed by atoms with Gasteiger partial charge in [0.25, 0.3) is 0 Å². The van der Waals surface area contributed by atoms with Crippen LogP contribution in [-0.2, 0) is 9.84 Å². The summed E-state index contributed by atoms with van der Waals surface area (Å²) >= 11 is 0. The molecule has 1 saturated heterocycles. The number of aliphatic hydroxyl groups excluding tert-OH is 1. The SMILES string of the molecule is CC1CN(c2ccc(S(C)(=O)=O)cc2N)CCC1O. The van der Waals surface area contributed by atoms with E-state index in [1.165, 1.54) is 12.3 Å². The molecular formula is C13H20N2O3S. The Kier molecular flexibility index (Phi) is 3.73. The minimum absolute atomic E-state index is 0.183. The number of hydrogen-bond donors (Lipinski definition) is 2. The molecule has 0 bridgehead atoms. The third-order valence-corrected chi connectivity index (χ3v) is 4.74. The number of anilines is 2. The molecule has 2 rings (SSSR count). The molecule has 0 saturated carbocycles. The number of nitrogens with two attached hydrogens (primary N) is 1. The fourth-order valence-electron chi connectivity index (χ4n) is 2.40. The number of hydrogen-bond acceptors (Lipinski definition) is 5. The molecule has 0 amide bonds. The lowest BCUT2D eigenvalue weighted by atomic mass is 9.96. The summed E-state index contributed by atoms with van der Waals surface area (Å²) in [5.41, 5.74) is 7.26. The van der Waals surface area contributed by atoms with Crippen LogP contribution < -0.4 is 10.6 Å². The van der Waals surface area contributed by atoms with Gasteiger partial charge in [0.1, 0.15) is 0 Å². The molecule has 2 unspecified atom stereocenters. The maximum absolute atomic E-state index is 11.5. The molecule has 6 heteroatoms. The molecular weight excluding hydrogens is 264 g/mol. The topological polar surface area (TPSA) is 83.6 Å². The van der Waals surface area contributed by atoms with Gasteiger partial charge in [-0.2, -0.15) is 0 Å². The van der Waals surface area contributed by atoms with Crippen LogP contribution in [0.25, 0.3) is 0 Å². The van der Waals surface area contributed by atoms with Crippen molar-refractivity contribution >= 4 is 21.2 Å². The van der Waals surface area contributed by atoms with Crippen molar-refractivity contribution in [3.05, 3.63) is 18.2 Å². The van der Waals surface area contributed by atoms with Crippen LogP contribution in [0.2, 0.25) is 0 Å². The van der Waals surface area contributed by atoms with Gasteiger partial charge in [-0.25, -0.2) is 8.42 Å². The number of rotatable bonds is 2. The zero-order chi connectivity index (χ0) is 14.2. The van der Waals surface area contributed by atoms with E-state index in [4.69, 9.17) is 5.73 Å². The molecule has 106 valence electrons. The number of nitrogen functional groups attached to an aromatic ring is 1. The van der Waals surface area contributed by atoms with Gasteiger partial charge in [0.15, 0.2) is 9.84 Å². The highest BCUT2D eigenvalue weighted by Gasteiger charge is 2.25. The van der Waals surface area contributed by atoms with E-state index in [0.29, 0.717) is 12.1 Å². The molecule has 1 fully saturated rings. The highest BCUT2D eigenvalue weighted by molar-refractivity contribution is 7.90. The molecule has 1 heterocycles. The van der Waals surface area contributed by atoms with Crippen LogP contribution in [0.4, 0.5) is 11.4 Å². The van der Waals surface area contributed by atoms with E-state index in [-0.39, 0.29) is 16.9 Å². The normalized spacial score (nSPS) is 24.5. The molecule has 1 aromatic rings. The summed E-state index contributed by atoms with van der Waals surface area (Å²) in [5, 5.41) is 9.73. The Labute approximate surface area is 113 Å². The van der Waals surface area contributed by atoms with Crippen LogP contribution >= 0.6 is 0 Å². The van der Waals surface area contributed by atoms with Crippen LogP contribution in [-0.4, -0.2) is 39.0 Å². The van der Waals surface area contributed by atoms with E-state index in [2.05, 4.69) is 4.90 Å². The highest BCUT2D eigenvalue weighted by Crippen LogP contribution is 2.30. The van der Waals surface area contributed by atoms with Gasteiger partial charge in [-0.3, -0.25) is 0 Å². The van der Waals surface area contributed by atoms with Gasteiger partial charge < -0.3 is 15.7 Å². The van der Waals surface area contributed by atoms with Crippen LogP contribution in [0, 0.1) is 5.92 Å². The Hall–Kier alpha value is -1.27. The first-order valence-electron chi connectivity index (χ1n) is 6.31. The van der Waals surface area contributed by atoms with Crippen molar-refractivity contribution in [2.75, 3.05) is 30.0 Å². The molecule has 2 atom stereocenters. The van der Waals surface area contributed by atoms with Gasteiger partial charge in [-0.05, 0) is 30.5 Å². The van der Waals surface area contributed by atoms with Crippen molar-refractivity contribution in [1.29, 1.82) is 0 Å². The Morgan fingerprint density at radius 3 is 2.63 bits per heavy atom. The first-order chi connectivity index (χ1) is 8.79. The molecule has 3 N–H and O–H groups in total. The van der Waals surface area contributed by atoms with E-state index < -0.39 is 9.84 Å². The Balaban J connectivity index is 2.27. The summed E-state index contributed by atoms with van der Waals surface area (Å²) in [4.78, 5) is 2.33. The van der Waals surface area contributed by atoms with Gasteiger partial charge in [0.2, 0.25) is 0 Å². The van der Waals surface area contributed by atoms with E-state index >= 15 is 0 Å². The van der Waals surface area contributed by atoms with E-state index in [9.17, 15) is 13.5 Å². The van der Waals surface area contributed by atoms with Gasteiger partial charge in [0.05, 0.1) is 22.4 Å². The second-order valence-electron chi connectivity index (χ2n) is 5.27. The van der Waals surface area contributed by atoms with Gasteiger partial charge >= 0.3 is 0 Å². The predicted octanol–water partition coefficient (Wildman–Crippen LogP) is 0.879. The monoisotopic (exact) mass is 284 g/mol. The molecule has 1 aliphatic rings. The second-order valence-corrected chi connectivity index (χ2v) is 7.29. The van der Waals surface area contributed by atoms with E-state index in [0.717, 1.165) is 18.8 Å². The fourth-order valence-corrected chi connectivity index (χ4v) is 3.06. The zero-order valence-corrected chi connectivity index (χ0v) is 12.0. The van der Waals surface area contributed by atoms with Crippen LogP contribution in [0.1, 0.15) is 13.3 Å². The quantitative estimate of drug-likeness (QED) is 0.788. The lowest BCUT2D eigenvalue weighted by molar-refractivity contribution is 0.0971. The summed E-state index contributed by atoms with van der Waals surface area (Å²) in [7, 11) is -3.23. The number of benzene rings is 1. The molecule has 0 radical (unpaired) electrons. The summed E-state index contributed by atoms with van der Waals surface area (Å²) in [6.45, 7) is 3.45. The van der Waals surface area contributed by atoms with Crippen LogP contribution in [0.3, 0.4) is 0 Å². The molecule has 0 aliphatic carbocycles. The maximum atomic E-state index is 11.5. The van der Waals surface area contributed by atoms with Crippen molar-refractivity contribution in [3.8, 4) is 0 Å². The minimum atomic E-state index is -3.23. The Bertz CT molecular complexity index is 571. The lowest BCUT2D eigenvalue weighted by Crippen LogP contribution is -2.42. The maximum Gasteiger partial charge on any atom is 0.175 e. The minimum Gasteiger partial charge on any atom is -0.397 e. The molecule has 1 aromatic carbocycles. The van der Waals surface area contributed by atoms with Crippen molar-refractivity contribution in [2.24, 2.45) is 5.92 Å². The molecule has 19 heavy (non-hydrogen) atoms. The summed E-state index contributed by atoms with van der Waals surface area (Å²) in [6, 6.07) is 4.83. The third-order valence-electron chi connectivity index (χ3n) is 3.63. The van der Waals surface area contributed by atoms with Crippen LogP contribution in [0.15, 0.2) is 23.1 Å². The van der Waals surface area contributed by atoms with E-state index in [1.807, 2.05) is 6.92 Å². The average Bonchev–Trinajstić information content (AvgIpc) is 2.31. The van der Waals surface area contributed by atoms with Crippen molar-refractivity contribution in [3.63, 3.8) is 0 Å². The smallest absolute Gasteiger partial charge is 0.175 e. The van der Waals surface area contributed by atoms with Gasteiger partial charge in [-0.1, -0.05) is 6.92 Å². The molecule has 0 aromatic heterocycles. The summed E-state index contributed by atoms with van der Waals surface area (Å²) < 4.78 is 22.9. The largest absolute Gasteiger partial charge is 0.397 e. The standard InChI is InChI=1S/C13H20N2O3S/c1-9-8-15(6-5-13(9)16)12-4-3-10(7-11(12)14)19(2,17)18/h3-4,7,9,13,16H,5-6,8,14H2,1-2H3. The van der Waals surface area contributed by atoms with Crippen molar-refractivity contribution in [1.82, 2.24) is 0 Å².